The molecule has 1 saturated carbocycles. The smallest absolute Gasteiger partial charge is 0.123 e. The van der Waals surface area contributed by atoms with Gasteiger partial charge in [-0.3, -0.25) is 0 Å². The maximum Gasteiger partial charge on any atom is 0.123 e. The van der Waals surface area contributed by atoms with Gasteiger partial charge in [0, 0.05) is 0 Å². The van der Waals surface area contributed by atoms with Crippen molar-refractivity contribution in [3.05, 3.63) is 35.1 Å². The van der Waals surface area contributed by atoms with Crippen LogP contribution in [0.15, 0.2) is 18.2 Å². The third-order valence-corrected chi connectivity index (χ3v) is 5.65. The van der Waals surface area contributed by atoms with E-state index in [0.717, 1.165) is 31.5 Å². The van der Waals surface area contributed by atoms with Crippen LogP contribution < -0.4 is 5.32 Å². The molecule has 0 aromatic heterocycles. The number of ether oxygens (including phenoxy) is 1. The third kappa shape index (κ3) is 2.31. The van der Waals surface area contributed by atoms with Crippen LogP contribution in [0.1, 0.15) is 62.2 Å². The van der Waals surface area contributed by atoms with Gasteiger partial charge in [-0.1, -0.05) is 25.3 Å². The number of halogens is 1. The molecule has 4 rings (SSSR count). The first kappa shape index (κ1) is 13.7. The predicted octanol–water partition coefficient (Wildman–Crippen LogP) is 4.06. The predicted molar refractivity (Wildman–Crippen MR) is 80.6 cm³/mol. The summed E-state index contributed by atoms with van der Waals surface area (Å²) in [5, 5.41) is 3.40. The molecule has 1 aromatic rings. The average Bonchev–Trinajstić information content (AvgIpc) is 2.83. The van der Waals surface area contributed by atoms with Gasteiger partial charge in [-0.15, -0.1) is 0 Å². The molecule has 3 aliphatic rings. The van der Waals surface area contributed by atoms with Crippen LogP contribution in [0.3, 0.4) is 0 Å². The molecule has 1 aliphatic carbocycles. The minimum Gasteiger partial charge on any atom is -0.362 e. The molecule has 2 heterocycles. The standard InChI is InChI=1S/C18H24FNO/c19-14-6-7-15-16(12-14)18(8-10-20-11-9-18)21-17(15)13-4-2-1-3-5-13/h6-7,12-13,17,20H,1-5,8-11H2. The molecule has 3 heteroatoms. The Labute approximate surface area is 126 Å². The minimum atomic E-state index is -0.231. The van der Waals surface area contributed by atoms with Crippen molar-refractivity contribution in [1.29, 1.82) is 0 Å². The van der Waals surface area contributed by atoms with E-state index in [1.54, 1.807) is 12.1 Å². The molecular weight excluding hydrogens is 265 g/mol. The van der Waals surface area contributed by atoms with Crippen molar-refractivity contribution in [1.82, 2.24) is 5.32 Å². The molecule has 1 atom stereocenters. The Morgan fingerprint density at radius 2 is 1.86 bits per heavy atom. The third-order valence-electron chi connectivity index (χ3n) is 5.65. The first-order valence-electron chi connectivity index (χ1n) is 8.47. The Kier molecular flexibility index (Phi) is 3.50. The number of nitrogens with one attached hydrogen (secondary N) is 1. The molecule has 0 radical (unpaired) electrons. The second-order valence-corrected chi connectivity index (χ2v) is 6.91. The van der Waals surface area contributed by atoms with Gasteiger partial charge >= 0.3 is 0 Å². The van der Waals surface area contributed by atoms with E-state index in [9.17, 15) is 4.39 Å². The maximum atomic E-state index is 13.8. The lowest BCUT2D eigenvalue weighted by Gasteiger charge is -2.36. The van der Waals surface area contributed by atoms with E-state index in [2.05, 4.69) is 5.32 Å². The van der Waals surface area contributed by atoms with Crippen molar-refractivity contribution in [2.45, 2.75) is 56.7 Å². The molecule has 21 heavy (non-hydrogen) atoms. The number of piperidine rings is 1. The van der Waals surface area contributed by atoms with Gasteiger partial charge in [0.25, 0.3) is 0 Å². The van der Waals surface area contributed by atoms with Crippen LogP contribution in [0.4, 0.5) is 4.39 Å². The zero-order valence-corrected chi connectivity index (χ0v) is 12.5. The lowest BCUT2D eigenvalue weighted by Crippen LogP contribution is -2.40. The fourth-order valence-electron chi connectivity index (χ4n) is 4.55. The molecule has 2 aliphatic heterocycles. The highest BCUT2D eigenvalue weighted by atomic mass is 19.1. The summed E-state index contributed by atoms with van der Waals surface area (Å²) >= 11 is 0. The van der Waals surface area contributed by atoms with Crippen LogP contribution in [0.5, 0.6) is 0 Å². The highest BCUT2D eigenvalue weighted by Gasteiger charge is 2.47. The highest BCUT2D eigenvalue weighted by Crippen LogP contribution is 2.53. The van der Waals surface area contributed by atoms with E-state index >= 15 is 0 Å². The van der Waals surface area contributed by atoms with Crippen molar-refractivity contribution in [2.75, 3.05) is 13.1 Å². The van der Waals surface area contributed by atoms with Gasteiger partial charge in [0.1, 0.15) is 5.82 Å². The van der Waals surface area contributed by atoms with Crippen LogP contribution in [-0.4, -0.2) is 13.1 Å². The van der Waals surface area contributed by atoms with E-state index in [0.29, 0.717) is 5.92 Å². The zero-order valence-electron chi connectivity index (χ0n) is 12.5. The van der Waals surface area contributed by atoms with E-state index in [1.165, 1.54) is 37.7 Å². The van der Waals surface area contributed by atoms with Crippen molar-refractivity contribution in [3.63, 3.8) is 0 Å². The van der Waals surface area contributed by atoms with Gasteiger partial charge in [0.2, 0.25) is 0 Å². The van der Waals surface area contributed by atoms with E-state index < -0.39 is 0 Å². The molecule has 0 amide bonds. The number of fused-ring (bicyclic) bond motifs is 2. The van der Waals surface area contributed by atoms with Gasteiger partial charge in [-0.2, -0.15) is 0 Å². The van der Waals surface area contributed by atoms with Gasteiger partial charge in [-0.25, -0.2) is 4.39 Å². The summed E-state index contributed by atoms with van der Waals surface area (Å²) in [7, 11) is 0. The summed E-state index contributed by atoms with van der Waals surface area (Å²) in [5.41, 5.74) is 2.18. The zero-order chi connectivity index (χ0) is 14.3. The Bertz CT molecular complexity index is 518. The molecule has 2 fully saturated rings. The largest absolute Gasteiger partial charge is 0.362 e. The number of hydrogen-bond donors (Lipinski definition) is 1. The Morgan fingerprint density at radius 1 is 1.10 bits per heavy atom. The van der Waals surface area contributed by atoms with Crippen molar-refractivity contribution < 1.29 is 9.13 Å². The van der Waals surface area contributed by atoms with E-state index in [4.69, 9.17) is 4.74 Å². The Morgan fingerprint density at radius 3 is 2.62 bits per heavy atom. The molecule has 1 saturated heterocycles. The number of benzene rings is 1. The lowest BCUT2D eigenvalue weighted by molar-refractivity contribution is -0.118. The summed E-state index contributed by atoms with van der Waals surface area (Å²) in [6.07, 6.45) is 8.63. The molecule has 1 spiro atoms. The first-order chi connectivity index (χ1) is 10.3. The maximum absolute atomic E-state index is 13.8. The minimum absolute atomic E-state index is 0.125. The van der Waals surface area contributed by atoms with Crippen molar-refractivity contribution in [2.24, 2.45) is 5.92 Å². The molecule has 114 valence electrons. The fourth-order valence-corrected chi connectivity index (χ4v) is 4.55. The quantitative estimate of drug-likeness (QED) is 0.842. The van der Waals surface area contributed by atoms with E-state index in [1.807, 2.05) is 6.07 Å². The van der Waals surface area contributed by atoms with E-state index in [-0.39, 0.29) is 17.5 Å². The molecule has 2 nitrogen and oxygen atoms in total. The Balaban J connectivity index is 1.72. The lowest BCUT2D eigenvalue weighted by atomic mass is 9.80. The molecule has 0 bridgehead atoms. The second-order valence-electron chi connectivity index (χ2n) is 6.91. The van der Waals surface area contributed by atoms with Crippen LogP contribution in [0.2, 0.25) is 0 Å². The second kappa shape index (κ2) is 5.36. The van der Waals surface area contributed by atoms with Crippen LogP contribution in [-0.2, 0) is 10.3 Å². The van der Waals surface area contributed by atoms with Crippen LogP contribution in [0, 0.1) is 11.7 Å². The van der Waals surface area contributed by atoms with Gasteiger partial charge in [0.15, 0.2) is 0 Å². The van der Waals surface area contributed by atoms with Gasteiger partial charge in [-0.05, 0) is 68.0 Å². The SMILES string of the molecule is Fc1ccc2c(c1)C1(CCNCC1)OC2C1CCCCC1. The summed E-state index contributed by atoms with van der Waals surface area (Å²) in [4.78, 5) is 0. The van der Waals surface area contributed by atoms with Crippen molar-refractivity contribution >= 4 is 0 Å². The summed E-state index contributed by atoms with van der Waals surface area (Å²) in [5.74, 6) is 0.497. The fraction of sp³-hybridized carbons (Fsp3) is 0.667. The van der Waals surface area contributed by atoms with Gasteiger partial charge in [0.05, 0.1) is 11.7 Å². The van der Waals surface area contributed by atoms with Crippen molar-refractivity contribution in [3.8, 4) is 0 Å². The van der Waals surface area contributed by atoms with Crippen LogP contribution >= 0.6 is 0 Å². The molecule has 1 N–H and O–H groups in total. The molecule has 1 aromatic carbocycles. The number of hydrogen-bond acceptors (Lipinski definition) is 2. The summed E-state index contributed by atoms with van der Waals surface area (Å²) in [6, 6.07) is 5.34. The summed E-state index contributed by atoms with van der Waals surface area (Å²) in [6.45, 7) is 1.93. The number of rotatable bonds is 1. The topological polar surface area (TPSA) is 21.3 Å². The normalized spacial score (nSPS) is 28.7. The first-order valence-corrected chi connectivity index (χ1v) is 8.47. The Hall–Kier alpha value is -0.930. The monoisotopic (exact) mass is 289 g/mol. The summed E-state index contributed by atoms with van der Waals surface area (Å²) < 4.78 is 20.4. The molecule has 1 unspecified atom stereocenters. The van der Waals surface area contributed by atoms with Crippen LogP contribution in [0.25, 0.3) is 0 Å². The average molecular weight is 289 g/mol. The molecular formula is C18H24FNO. The van der Waals surface area contributed by atoms with Gasteiger partial charge < -0.3 is 10.1 Å². The highest BCUT2D eigenvalue weighted by molar-refractivity contribution is 5.39.